The van der Waals surface area contributed by atoms with E-state index in [1.807, 2.05) is 0 Å². The summed E-state index contributed by atoms with van der Waals surface area (Å²) in [5, 5.41) is 8.35. The minimum Gasteiger partial charge on any atom is -0.302 e. The van der Waals surface area contributed by atoms with Gasteiger partial charge in [-0.3, -0.25) is 0 Å². The molecule has 84 valence electrons. The molecule has 0 heterocycles. The van der Waals surface area contributed by atoms with Gasteiger partial charge in [-0.1, -0.05) is 11.0 Å². The highest BCUT2D eigenvalue weighted by atomic mass is 32.2. The maximum Gasteiger partial charge on any atom is 0.262 e. The Labute approximate surface area is 87.5 Å². The Hall–Kier alpha value is -0.960. The van der Waals surface area contributed by atoms with Gasteiger partial charge in [0.15, 0.2) is 9.84 Å². The van der Waals surface area contributed by atoms with Crippen LogP contribution in [-0.2, 0) is 19.9 Å². The molecule has 0 atom stereocenters. The predicted octanol–water partition coefficient (Wildman–Crippen LogP) is -0.242. The molecule has 0 saturated carbocycles. The fraction of sp³-hybridized carbons (Fsp3) is 0.143. The smallest absolute Gasteiger partial charge is 0.262 e. The van der Waals surface area contributed by atoms with Crippen LogP contribution in [0, 0.1) is 0 Å². The highest BCUT2D eigenvalue weighted by Crippen LogP contribution is 2.14. The zero-order chi connectivity index (χ0) is 11.7. The molecule has 0 aliphatic rings. The number of sulfone groups is 1. The van der Waals surface area contributed by atoms with Gasteiger partial charge in [0.2, 0.25) is 0 Å². The van der Waals surface area contributed by atoms with Crippen LogP contribution in [0.5, 0.6) is 0 Å². The van der Waals surface area contributed by atoms with Crippen LogP contribution in [0.3, 0.4) is 0 Å². The number of hydrogen-bond acceptors (Lipinski definition) is 5. The average molecular weight is 251 g/mol. The van der Waals surface area contributed by atoms with Crippen LogP contribution in [0.1, 0.15) is 0 Å². The van der Waals surface area contributed by atoms with Crippen molar-refractivity contribution in [3.63, 3.8) is 0 Å². The summed E-state index contributed by atoms with van der Waals surface area (Å²) in [6.45, 7) is 0. The van der Waals surface area contributed by atoms with Gasteiger partial charge in [0.1, 0.15) is 0 Å². The maximum atomic E-state index is 11.1. The molecule has 0 saturated heterocycles. The Balaban J connectivity index is 3.39. The topological polar surface area (TPSA) is 101 Å². The lowest BCUT2D eigenvalue weighted by Gasteiger charge is -2.03. The minimum atomic E-state index is -4.04. The van der Waals surface area contributed by atoms with Crippen LogP contribution in [0.2, 0.25) is 0 Å². The van der Waals surface area contributed by atoms with Crippen molar-refractivity contribution in [2.24, 2.45) is 0 Å². The van der Waals surface area contributed by atoms with E-state index in [0.717, 1.165) is 17.2 Å². The zero-order valence-electron chi connectivity index (χ0n) is 7.71. The fourth-order valence-corrected chi connectivity index (χ4v) is 2.31. The largest absolute Gasteiger partial charge is 0.302 e. The fourth-order valence-electron chi connectivity index (χ4n) is 0.925. The highest BCUT2D eigenvalue weighted by Gasteiger charge is 2.15. The Morgan fingerprint density at radius 2 is 1.67 bits per heavy atom. The van der Waals surface area contributed by atoms with Gasteiger partial charge in [-0.05, 0) is 18.2 Å². The monoisotopic (exact) mass is 251 g/mol. The quantitative estimate of drug-likeness (QED) is 0.722. The van der Waals surface area contributed by atoms with E-state index in [0.29, 0.717) is 0 Å². The second kappa shape index (κ2) is 3.89. The highest BCUT2D eigenvalue weighted by molar-refractivity contribution is 7.91. The molecule has 15 heavy (non-hydrogen) atoms. The number of nitrogens with one attached hydrogen (secondary N) is 1. The molecule has 8 heteroatoms. The van der Waals surface area contributed by atoms with Gasteiger partial charge in [0, 0.05) is 6.26 Å². The Bertz CT molecular complexity index is 561. The van der Waals surface area contributed by atoms with Crippen LogP contribution in [0.4, 0.5) is 0 Å². The second-order valence-corrected chi connectivity index (χ2v) is 6.52. The van der Waals surface area contributed by atoms with Gasteiger partial charge in [-0.25, -0.2) is 16.8 Å². The maximum absolute atomic E-state index is 11.1. The summed E-state index contributed by atoms with van der Waals surface area (Å²) in [6.07, 6.45) is 0.963. The second-order valence-electron chi connectivity index (χ2n) is 2.84. The van der Waals surface area contributed by atoms with E-state index in [1.54, 1.807) is 0 Å². The first-order chi connectivity index (χ1) is 6.77. The Kier molecular flexibility index (Phi) is 3.14. The third kappa shape index (κ3) is 2.75. The van der Waals surface area contributed by atoms with Crippen molar-refractivity contribution in [2.45, 2.75) is 9.79 Å². The number of benzene rings is 1. The van der Waals surface area contributed by atoms with E-state index in [4.69, 9.17) is 5.21 Å². The lowest BCUT2D eigenvalue weighted by molar-refractivity contribution is 0.242. The van der Waals surface area contributed by atoms with E-state index in [1.165, 1.54) is 18.2 Å². The van der Waals surface area contributed by atoms with Gasteiger partial charge in [-0.15, -0.1) is 0 Å². The summed E-state index contributed by atoms with van der Waals surface area (Å²) < 4.78 is 44.5. The third-order valence-corrected chi connectivity index (χ3v) is 3.89. The van der Waals surface area contributed by atoms with Crippen molar-refractivity contribution in [3.8, 4) is 0 Å². The van der Waals surface area contributed by atoms with Crippen LogP contribution < -0.4 is 4.89 Å². The van der Waals surface area contributed by atoms with Crippen molar-refractivity contribution in [1.82, 2.24) is 4.89 Å². The first-order valence-corrected chi connectivity index (χ1v) is 7.11. The molecule has 0 amide bonds. The molecule has 1 aromatic carbocycles. The van der Waals surface area contributed by atoms with Crippen LogP contribution in [0.15, 0.2) is 34.1 Å². The molecule has 0 radical (unpaired) electrons. The molecule has 1 rings (SSSR count). The van der Waals surface area contributed by atoms with Crippen LogP contribution in [-0.4, -0.2) is 28.3 Å². The van der Waals surface area contributed by atoms with E-state index in [9.17, 15) is 16.8 Å². The lowest BCUT2D eigenvalue weighted by atomic mass is 10.4. The zero-order valence-corrected chi connectivity index (χ0v) is 9.34. The summed E-state index contributed by atoms with van der Waals surface area (Å²) in [6, 6.07) is 4.69. The summed E-state index contributed by atoms with van der Waals surface area (Å²) in [4.78, 5) is 0.675. The molecule has 2 N–H and O–H groups in total. The standard InChI is InChI=1S/C7H9NO5S2/c1-14(10,11)6-3-2-4-7(5-6)15(12,13)8-9/h2-5,8-9H,1H3. The normalized spacial score (nSPS) is 12.7. The van der Waals surface area contributed by atoms with Gasteiger partial charge in [-0.2, -0.15) is 0 Å². The molecule has 0 aliphatic carbocycles. The molecule has 0 bridgehead atoms. The molecule has 6 nitrogen and oxygen atoms in total. The van der Waals surface area contributed by atoms with E-state index >= 15 is 0 Å². The van der Waals surface area contributed by atoms with Crippen molar-refractivity contribution >= 4 is 19.9 Å². The third-order valence-electron chi connectivity index (χ3n) is 1.66. The van der Waals surface area contributed by atoms with Gasteiger partial charge >= 0.3 is 0 Å². The number of hydrogen-bond donors (Lipinski definition) is 2. The lowest BCUT2D eigenvalue weighted by Crippen LogP contribution is -2.19. The van der Waals surface area contributed by atoms with Crippen molar-refractivity contribution < 1.29 is 22.0 Å². The number of rotatable bonds is 3. The minimum absolute atomic E-state index is 0.126. The van der Waals surface area contributed by atoms with E-state index in [-0.39, 0.29) is 9.79 Å². The summed E-state index contributed by atoms with van der Waals surface area (Å²) in [5.74, 6) is 0. The Morgan fingerprint density at radius 3 is 2.13 bits per heavy atom. The van der Waals surface area contributed by atoms with Gasteiger partial charge < -0.3 is 5.21 Å². The van der Waals surface area contributed by atoms with Gasteiger partial charge in [0.25, 0.3) is 10.0 Å². The molecular weight excluding hydrogens is 242 g/mol. The van der Waals surface area contributed by atoms with Gasteiger partial charge in [0.05, 0.1) is 9.79 Å². The first-order valence-electron chi connectivity index (χ1n) is 3.73. The van der Waals surface area contributed by atoms with Crippen LogP contribution >= 0.6 is 0 Å². The molecular formula is C7H9NO5S2. The summed E-state index contributed by atoms with van der Waals surface area (Å²) in [5.41, 5.74) is 0. The van der Waals surface area contributed by atoms with E-state index in [2.05, 4.69) is 0 Å². The van der Waals surface area contributed by atoms with Crippen molar-refractivity contribution in [2.75, 3.05) is 6.26 Å². The van der Waals surface area contributed by atoms with Crippen LogP contribution in [0.25, 0.3) is 0 Å². The Morgan fingerprint density at radius 1 is 1.13 bits per heavy atom. The molecule has 0 aromatic heterocycles. The molecule has 0 fully saturated rings. The van der Waals surface area contributed by atoms with Crippen molar-refractivity contribution in [3.05, 3.63) is 24.3 Å². The van der Waals surface area contributed by atoms with E-state index < -0.39 is 19.9 Å². The molecule has 0 unspecified atom stereocenters. The average Bonchev–Trinajstić information content (AvgIpc) is 2.17. The molecule has 0 aliphatic heterocycles. The molecule has 0 spiro atoms. The SMILES string of the molecule is CS(=O)(=O)c1cccc(S(=O)(=O)NO)c1. The molecule has 1 aromatic rings. The summed E-state index contributed by atoms with van der Waals surface area (Å²) >= 11 is 0. The predicted molar refractivity (Wildman–Crippen MR) is 51.7 cm³/mol. The first kappa shape index (κ1) is 12.1. The number of sulfonamides is 1. The summed E-state index contributed by atoms with van der Waals surface area (Å²) in [7, 11) is -7.51. The van der Waals surface area contributed by atoms with Crippen molar-refractivity contribution in [1.29, 1.82) is 0 Å².